The highest BCUT2D eigenvalue weighted by Crippen LogP contribution is 2.51. The molecule has 5 nitrogen and oxygen atoms in total. The molecule has 2 aromatic carbocycles. The molecule has 2 aromatic rings. The fourth-order valence-corrected chi connectivity index (χ4v) is 5.70. The number of methoxy groups -OCH3 is 1. The van der Waals surface area contributed by atoms with Crippen LogP contribution in [0.25, 0.3) is 5.57 Å². The number of nitrogens with zero attached hydrogens (tertiary/aromatic N) is 1. The Balaban J connectivity index is 1.98. The van der Waals surface area contributed by atoms with E-state index in [0.29, 0.717) is 23.1 Å². The number of allylic oxidation sites excluding steroid dienone is 2. The number of hydrogen-bond donors (Lipinski definition) is 0. The summed E-state index contributed by atoms with van der Waals surface area (Å²) in [6.45, 7) is 7.31. The number of Topliss-reactive ketones (excluding diaryl/α,β-unsaturated/α-hetero) is 1. The number of rotatable bonds is 3. The van der Waals surface area contributed by atoms with Crippen LogP contribution in [-0.4, -0.2) is 26.6 Å². The van der Waals surface area contributed by atoms with Gasteiger partial charge < -0.3 is 4.74 Å². The molecule has 0 saturated carbocycles. The molecule has 154 valence electrons. The zero-order chi connectivity index (χ0) is 22.0. The van der Waals surface area contributed by atoms with Crippen molar-refractivity contribution < 1.29 is 17.9 Å². The molecule has 30 heavy (non-hydrogen) atoms. The van der Waals surface area contributed by atoms with Crippen molar-refractivity contribution in [3.8, 4) is 11.8 Å². The topological polar surface area (TPSA) is 84.2 Å². The lowest BCUT2D eigenvalue weighted by atomic mass is 9.68. The van der Waals surface area contributed by atoms with Crippen molar-refractivity contribution in [1.82, 2.24) is 0 Å². The first kappa shape index (κ1) is 20.4. The van der Waals surface area contributed by atoms with Crippen LogP contribution in [0.5, 0.6) is 5.75 Å². The molecule has 0 radical (unpaired) electrons. The maximum absolute atomic E-state index is 13.6. The van der Waals surface area contributed by atoms with Gasteiger partial charge in [0.05, 0.1) is 24.0 Å². The molecule has 0 fully saturated rings. The molecule has 0 saturated heterocycles. The lowest BCUT2D eigenvalue weighted by molar-refractivity contribution is 0.105. The summed E-state index contributed by atoms with van der Waals surface area (Å²) in [5, 5.41) is 8.60. The second-order valence-corrected chi connectivity index (χ2v) is 11.1. The van der Waals surface area contributed by atoms with Gasteiger partial charge in [0.1, 0.15) is 10.6 Å². The second kappa shape index (κ2) is 6.55. The summed E-state index contributed by atoms with van der Waals surface area (Å²) < 4.78 is 31.3. The fraction of sp³-hybridized carbons (Fsp3) is 0.333. The Morgan fingerprint density at radius 1 is 1.13 bits per heavy atom. The zero-order valence-corrected chi connectivity index (χ0v) is 18.5. The summed E-state index contributed by atoms with van der Waals surface area (Å²) in [6, 6.07) is 10.7. The Labute approximate surface area is 176 Å². The van der Waals surface area contributed by atoms with E-state index in [1.165, 1.54) is 13.2 Å². The fourth-order valence-electron chi connectivity index (χ4n) is 4.49. The van der Waals surface area contributed by atoms with E-state index in [4.69, 9.17) is 4.74 Å². The van der Waals surface area contributed by atoms with E-state index >= 15 is 0 Å². The lowest BCUT2D eigenvalue weighted by Crippen LogP contribution is -2.30. The van der Waals surface area contributed by atoms with E-state index in [1.807, 2.05) is 26.0 Å². The van der Waals surface area contributed by atoms with E-state index in [9.17, 15) is 18.5 Å². The number of nitriles is 1. The molecular weight excluding hydrogens is 398 g/mol. The third-order valence-electron chi connectivity index (χ3n) is 6.30. The summed E-state index contributed by atoms with van der Waals surface area (Å²) in [7, 11) is -2.19. The molecular formula is C24H23NO4S. The summed E-state index contributed by atoms with van der Waals surface area (Å²) in [4.78, 5) is 13.6. The van der Waals surface area contributed by atoms with Crippen LogP contribution in [0.3, 0.4) is 0 Å². The van der Waals surface area contributed by atoms with Gasteiger partial charge in [-0.25, -0.2) is 8.42 Å². The number of sulfone groups is 1. The van der Waals surface area contributed by atoms with E-state index in [-0.39, 0.29) is 16.4 Å². The van der Waals surface area contributed by atoms with Gasteiger partial charge in [-0.05, 0) is 66.8 Å². The number of benzene rings is 2. The number of ketones is 1. The molecule has 0 aliphatic heterocycles. The van der Waals surface area contributed by atoms with E-state index in [1.54, 1.807) is 26.0 Å². The first-order valence-corrected chi connectivity index (χ1v) is 11.4. The van der Waals surface area contributed by atoms with Gasteiger partial charge in [0, 0.05) is 16.6 Å². The van der Waals surface area contributed by atoms with Crippen LogP contribution in [0.2, 0.25) is 0 Å². The minimum absolute atomic E-state index is 0.0463. The highest BCUT2D eigenvalue weighted by molar-refractivity contribution is 7.92. The van der Waals surface area contributed by atoms with Gasteiger partial charge in [-0.15, -0.1) is 0 Å². The van der Waals surface area contributed by atoms with Gasteiger partial charge >= 0.3 is 0 Å². The van der Waals surface area contributed by atoms with Crippen molar-refractivity contribution in [3.63, 3.8) is 0 Å². The minimum atomic E-state index is -3.63. The minimum Gasteiger partial charge on any atom is -0.495 e. The summed E-state index contributed by atoms with van der Waals surface area (Å²) in [5.74, 6) is 0.0836. The highest BCUT2D eigenvalue weighted by Gasteiger charge is 2.44. The molecule has 0 spiro atoms. The van der Waals surface area contributed by atoms with Crippen molar-refractivity contribution in [2.75, 3.05) is 7.11 Å². The largest absolute Gasteiger partial charge is 0.495 e. The number of ether oxygens (including phenoxy) is 1. The maximum atomic E-state index is 13.6. The Hall–Kier alpha value is -2.91. The molecule has 6 heteroatoms. The predicted molar refractivity (Wildman–Crippen MR) is 114 cm³/mol. The maximum Gasteiger partial charge on any atom is 0.193 e. The Bertz CT molecular complexity index is 1290. The van der Waals surface area contributed by atoms with Gasteiger partial charge in [-0.3, -0.25) is 4.79 Å². The Morgan fingerprint density at radius 2 is 1.83 bits per heavy atom. The number of fused-ring (bicyclic) bond motifs is 3. The molecule has 0 unspecified atom stereocenters. The lowest BCUT2D eigenvalue weighted by Gasteiger charge is -2.35. The van der Waals surface area contributed by atoms with Gasteiger partial charge in [0.25, 0.3) is 0 Å². The van der Waals surface area contributed by atoms with E-state index < -0.39 is 20.5 Å². The van der Waals surface area contributed by atoms with Crippen molar-refractivity contribution in [2.24, 2.45) is 0 Å². The molecule has 4 rings (SSSR count). The van der Waals surface area contributed by atoms with Gasteiger partial charge in [0.2, 0.25) is 0 Å². The Morgan fingerprint density at radius 3 is 2.43 bits per heavy atom. The van der Waals surface area contributed by atoms with Gasteiger partial charge in [0.15, 0.2) is 15.6 Å². The average molecular weight is 422 g/mol. The van der Waals surface area contributed by atoms with Gasteiger partial charge in [-0.1, -0.05) is 19.9 Å². The molecule has 2 aliphatic rings. The van der Waals surface area contributed by atoms with Crippen molar-refractivity contribution in [3.05, 3.63) is 63.7 Å². The average Bonchev–Trinajstić information content (AvgIpc) is 3.11. The molecule has 0 N–H and O–H groups in total. The summed E-state index contributed by atoms with van der Waals surface area (Å²) >= 11 is 0. The molecule has 0 bridgehead atoms. The van der Waals surface area contributed by atoms with Crippen LogP contribution in [-0.2, 0) is 21.7 Å². The smallest absolute Gasteiger partial charge is 0.193 e. The SMILES string of the molecule is COc1cc2c(cc1S(=O)(=O)C(C)C)C(=O)C1=C(Cc3cc(C#N)ccc31)C2(C)C. The molecule has 0 atom stereocenters. The third-order valence-corrected chi connectivity index (χ3v) is 8.48. The first-order chi connectivity index (χ1) is 14.0. The third kappa shape index (κ3) is 2.65. The molecule has 0 heterocycles. The van der Waals surface area contributed by atoms with Crippen LogP contribution in [0, 0.1) is 11.3 Å². The number of hydrogen-bond acceptors (Lipinski definition) is 5. The van der Waals surface area contributed by atoms with Crippen molar-refractivity contribution in [1.29, 1.82) is 5.26 Å². The summed E-state index contributed by atoms with van der Waals surface area (Å²) in [6.07, 6.45) is 0.590. The predicted octanol–water partition coefficient (Wildman–Crippen LogP) is 4.23. The van der Waals surface area contributed by atoms with Crippen LogP contribution in [0.15, 0.2) is 40.8 Å². The Kier molecular flexibility index (Phi) is 4.44. The van der Waals surface area contributed by atoms with Crippen LogP contribution >= 0.6 is 0 Å². The molecule has 2 aliphatic carbocycles. The van der Waals surface area contributed by atoms with Crippen molar-refractivity contribution in [2.45, 2.75) is 49.7 Å². The van der Waals surface area contributed by atoms with Crippen molar-refractivity contribution >= 4 is 21.2 Å². The highest BCUT2D eigenvalue weighted by atomic mass is 32.2. The second-order valence-electron chi connectivity index (χ2n) is 8.61. The van der Waals surface area contributed by atoms with Crippen LogP contribution in [0.4, 0.5) is 0 Å². The number of carbonyl (C=O) groups is 1. The normalized spacial score (nSPS) is 16.8. The van der Waals surface area contributed by atoms with Gasteiger partial charge in [-0.2, -0.15) is 5.26 Å². The quantitative estimate of drug-likeness (QED) is 0.740. The number of carbonyl (C=O) groups excluding carboxylic acids is 1. The van der Waals surface area contributed by atoms with E-state index in [2.05, 4.69) is 6.07 Å². The zero-order valence-electron chi connectivity index (χ0n) is 17.7. The summed E-state index contributed by atoms with van der Waals surface area (Å²) in [5.41, 5.74) is 4.64. The molecule has 0 aromatic heterocycles. The monoisotopic (exact) mass is 421 g/mol. The van der Waals surface area contributed by atoms with Crippen LogP contribution in [0.1, 0.15) is 60.3 Å². The molecule has 0 amide bonds. The van der Waals surface area contributed by atoms with E-state index in [0.717, 1.165) is 22.3 Å². The first-order valence-electron chi connectivity index (χ1n) is 9.82. The van der Waals surface area contributed by atoms with Crippen LogP contribution < -0.4 is 4.74 Å². The standard InChI is InChI=1S/C24H23NO4S/c1-13(2)30(27,28)21-10-17-18(11-20(21)29-5)24(3,4)19-9-15-8-14(12-25)6-7-16(15)22(19)23(17)26/h6-8,10-11,13H,9H2,1-5H3.